The summed E-state index contributed by atoms with van der Waals surface area (Å²) in [6.45, 7) is 1.93. The number of halogens is 1. The van der Waals surface area contributed by atoms with Gasteiger partial charge in [0.2, 0.25) is 5.91 Å². The second kappa shape index (κ2) is 7.09. The lowest BCUT2D eigenvalue weighted by Gasteiger charge is -2.14. The number of carbonyl (C=O) groups is 1. The third-order valence-corrected chi connectivity index (χ3v) is 3.95. The normalized spacial score (nSPS) is 12.4. The molecule has 0 fully saturated rings. The van der Waals surface area contributed by atoms with Crippen molar-refractivity contribution in [2.75, 3.05) is 0 Å². The smallest absolute Gasteiger partial charge is 0.244 e. The van der Waals surface area contributed by atoms with Gasteiger partial charge in [-0.3, -0.25) is 4.79 Å². The summed E-state index contributed by atoms with van der Waals surface area (Å²) in [6.07, 6.45) is 2.84. The molecule has 3 rings (SSSR count). The van der Waals surface area contributed by atoms with Gasteiger partial charge in [0.15, 0.2) is 0 Å². The van der Waals surface area contributed by atoms with E-state index in [1.165, 1.54) is 23.6 Å². The topological polar surface area (TPSA) is 29.1 Å². The summed E-state index contributed by atoms with van der Waals surface area (Å²) >= 11 is 0. The summed E-state index contributed by atoms with van der Waals surface area (Å²) in [5.41, 5.74) is 1.42. The van der Waals surface area contributed by atoms with E-state index in [0.29, 0.717) is 5.56 Å². The molecule has 2 nitrogen and oxygen atoms in total. The molecule has 0 aliphatic rings. The minimum atomic E-state index is -0.343. The molecule has 0 saturated heterocycles. The molecule has 3 aromatic rings. The molecule has 0 bridgehead atoms. The number of carbonyl (C=O) groups excluding carboxylic acids is 1. The Morgan fingerprint density at radius 2 is 1.71 bits per heavy atom. The minimum absolute atomic E-state index is 0.132. The number of benzene rings is 3. The van der Waals surface area contributed by atoms with Crippen molar-refractivity contribution in [1.82, 2.24) is 5.32 Å². The van der Waals surface area contributed by atoms with Crippen LogP contribution in [0.3, 0.4) is 0 Å². The number of fused-ring (bicyclic) bond motifs is 1. The van der Waals surface area contributed by atoms with Crippen molar-refractivity contribution in [2.24, 2.45) is 0 Å². The highest BCUT2D eigenvalue weighted by atomic mass is 19.1. The Hall–Kier alpha value is -2.94. The van der Waals surface area contributed by atoms with Crippen LogP contribution in [-0.2, 0) is 4.79 Å². The molecule has 24 heavy (non-hydrogen) atoms. The summed E-state index contributed by atoms with van der Waals surface area (Å²) in [7, 11) is 0. The summed E-state index contributed by atoms with van der Waals surface area (Å²) in [6, 6.07) is 20.4. The molecule has 0 heterocycles. The van der Waals surface area contributed by atoms with Gasteiger partial charge in [-0.2, -0.15) is 0 Å². The predicted octanol–water partition coefficient (Wildman–Crippen LogP) is 4.87. The van der Waals surface area contributed by atoms with E-state index in [1.807, 2.05) is 37.3 Å². The summed E-state index contributed by atoms with van der Waals surface area (Å²) in [5.74, 6) is -0.594. The first-order chi connectivity index (χ1) is 11.6. The summed E-state index contributed by atoms with van der Waals surface area (Å²) < 4.78 is 13.5. The van der Waals surface area contributed by atoms with Crippen LogP contribution >= 0.6 is 0 Å². The molecule has 0 spiro atoms. The van der Waals surface area contributed by atoms with E-state index in [1.54, 1.807) is 18.2 Å². The molecule has 3 aromatic carbocycles. The van der Waals surface area contributed by atoms with E-state index >= 15 is 0 Å². The van der Waals surface area contributed by atoms with Crippen molar-refractivity contribution in [3.8, 4) is 0 Å². The fourth-order valence-electron chi connectivity index (χ4n) is 2.60. The maximum atomic E-state index is 13.5. The molecular weight excluding hydrogens is 301 g/mol. The summed E-state index contributed by atoms with van der Waals surface area (Å²) in [4.78, 5) is 12.1. The van der Waals surface area contributed by atoms with Gasteiger partial charge in [-0.05, 0) is 41.5 Å². The van der Waals surface area contributed by atoms with Gasteiger partial charge in [0, 0.05) is 11.6 Å². The molecule has 120 valence electrons. The van der Waals surface area contributed by atoms with Crippen LogP contribution in [0.25, 0.3) is 16.8 Å². The van der Waals surface area contributed by atoms with Gasteiger partial charge in [0.05, 0.1) is 6.04 Å². The van der Waals surface area contributed by atoms with Crippen molar-refractivity contribution in [3.05, 3.63) is 89.8 Å². The first-order valence-electron chi connectivity index (χ1n) is 7.85. The number of hydrogen-bond acceptors (Lipinski definition) is 1. The van der Waals surface area contributed by atoms with Crippen LogP contribution < -0.4 is 5.32 Å². The Morgan fingerprint density at radius 1 is 1.00 bits per heavy atom. The molecule has 1 amide bonds. The van der Waals surface area contributed by atoms with Crippen LogP contribution in [0.15, 0.2) is 72.8 Å². The zero-order valence-electron chi connectivity index (χ0n) is 13.4. The van der Waals surface area contributed by atoms with Crippen molar-refractivity contribution in [3.63, 3.8) is 0 Å². The van der Waals surface area contributed by atoms with Gasteiger partial charge in [-0.1, -0.05) is 54.6 Å². The third-order valence-electron chi connectivity index (χ3n) is 3.95. The second-order valence-electron chi connectivity index (χ2n) is 5.69. The Labute approximate surface area is 140 Å². The van der Waals surface area contributed by atoms with Crippen LogP contribution in [0.1, 0.15) is 24.1 Å². The zero-order valence-corrected chi connectivity index (χ0v) is 13.4. The van der Waals surface area contributed by atoms with E-state index in [0.717, 1.165) is 10.9 Å². The average molecular weight is 319 g/mol. The third kappa shape index (κ3) is 3.69. The monoisotopic (exact) mass is 319 g/mol. The van der Waals surface area contributed by atoms with Crippen LogP contribution in [0.2, 0.25) is 0 Å². The van der Waals surface area contributed by atoms with E-state index in [9.17, 15) is 9.18 Å². The van der Waals surface area contributed by atoms with Crippen LogP contribution in [0.4, 0.5) is 4.39 Å². The second-order valence-corrected chi connectivity index (χ2v) is 5.69. The first kappa shape index (κ1) is 15.9. The Kier molecular flexibility index (Phi) is 4.71. The van der Waals surface area contributed by atoms with Gasteiger partial charge in [0.25, 0.3) is 0 Å². The highest BCUT2D eigenvalue weighted by Crippen LogP contribution is 2.20. The van der Waals surface area contributed by atoms with Gasteiger partial charge < -0.3 is 5.32 Å². The largest absolute Gasteiger partial charge is 0.346 e. The molecule has 0 saturated carbocycles. The van der Waals surface area contributed by atoms with Gasteiger partial charge in [0.1, 0.15) is 5.82 Å². The molecule has 1 atom stereocenters. The molecule has 0 aromatic heterocycles. The molecular formula is C21H18FNO. The SMILES string of the molecule is C[C@H](NC(=O)C=Cc1ccccc1F)c1ccc2ccccc2c1. The highest BCUT2D eigenvalue weighted by molar-refractivity contribution is 5.92. The van der Waals surface area contributed by atoms with Crippen molar-refractivity contribution >= 4 is 22.8 Å². The fraction of sp³-hybridized carbons (Fsp3) is 0.0952. The van der Waals surface area contributed by atoms with Gasteiger partial charge >= 0.3 is 0 Å². The van der Waals surface area contributed by atoms with E-state index in [-0.39, 0.29) is 17.8 Å². The number of rotatable bonds is 4. The Bertz CT molecular complexity index is 901. The van der Waals surface area contributed by atoms with Crippen molar-refractivity contribution in [2.45, 2.75) is 13.0 Å². The standard InChI is InChI=1S/C21H18FNO/c1-15(18-11-10-16-6-2-3-8-19(16)14-18)23-21(24)13-12-17-7-4-5-9-20(17)22/h2-15H,1H3,(H,23,24)/t15-/m0/s1. The Morgan fingerprint density at radius 3 is 2.50 bits per heavy atom. The maximum Gasteiger partial charge on any atom is 0.244 e. The van der Waals surface area contributed by atoms with Gasteiger partial charge in [-0.25, -0.2) is 4.39 Å². The number of amides is 1. The molecule has 0 unspecified atom stereocenters. The van der Waals surface area contributed by atoms with Crippen LogP contribution in [0.5, 0.6) is 0 Å². The zero-order chi connectivity index (χ0) is 16.9. The highest BCUT2D eigenvalue weighted by Gasteiger charge is 2.08. The first-order valence-corrected chi connectivity index (χ1v) is 7.85. The van der Waals surface area contributed by atoms with Crippen LogP contribution in [-0.4, -0.2) is 5.91 Å². The van der Waals surface area contributed by atoms with Crippen LogP contribution in [0, 0.1) is 5.82 Å². The molecule has 3 heteroatoms. The predicted molar refractivity (Wildman–Crippen MR) is 95.9 cm³/mol. The van der Waals surface area contributed by atoms with E-state index < -0.39 is 0 Å². The average Bonchev–Trinajstić information content (AvgIpc) is 2.60. The fourth-order valence-corrected chi connectivity index (χ4v) is 2.60. The molecule has 0 radical (unpaired) electrons. The number of hydrogen-bond donors (Lipinski definition) is 1. The maximum absolute atomic E-state index is 13.5. The summed E-state index contributed by atoms with van der Waals surface area (Å²) in [5, 5.41) is 5.21. The number of nitrogens with one attached hydrogen (secondary N) is 1. The van der Waals surface area contributed by atoms with Crippen molar-refractivity contribution < 1.29 is 9.18 Å². The van der Waals surface area contributed by atoms with E-state index in [4.69, 9.17) is 0 Å². The van der Waals surface area contributed by atoms with E-state index in [2.05, 4.69) is 17.4 Å². The van der Waals surface area contributed by atoms with Gasteiger partial charge in [-0.15, -0.1) is 0 Å². The lowest BCUT2D eigenvalue weighted by Crippen LogP contribution is -2.24. The molecule has 0 aliphatic carbocycles. The van der Waals surface area contributed by atoms with Crippen molar-refractivity contribution in [1.29, 1.82) is 0 Å². The minimum Gasteiger partial charge on any atom is -0.346 e. The lowest BCUT2D eigenvalue weighted by molar-refractivity contribution is -0.117. The molecule has 0 aliphatic heterocycles. The quantitative estimate of drug-likeness (QED) is 0.683. The lowest BCUT2D eigenvalue weighted by atomic mass is 10.0. The molecule has 1 N–H and O–H groups in total. The Balaban J connectivity index is 1.70.